The summed E-state index contributed by atoms with van der Waals surface area (Å²) in [6.07, 6.45) is 0.884. The summed E-state index contributed by atoms with van der Waals surface area (Å²) in [5.74, 6) is 1.46. The third-order valence-corrected chi connectivity index (χ3v) is 2.99. The first-order valence-electron chi connectivity index (χ1n) is 2.07. The lowest BCUT2D eigenvalue weighted by molar-refractivity contribution is 1.13. The Balaban J connectivity index is 3.11. The van der Waals surface area contributed by atoms with E-state index in [1.165, 1.54) is 0 Å². The summed E-state index contributed by atoms with van der Waals surface area (Å²) >= 11 is 3.97. The summed E-state index contributed by atoms with van der Waals surface area (Å²) in [5.41, 5.74) is 0. The zero-order valence-corrected chi connectivity index (χ0v) is 8.09. The molecule has 0 nitrogen and oxygen atoms in total. The maximum atomic E-state index is 5.49. The van der Waals surface area contributed by atoms with Crippen molar-refractivity contribution in [3.8, 4) is 0 Å². The number of hydrogen-bond donors (Lipinski definition) is 1. The molecule has 5 heteroatoms. The van der Waals surface area contributed by atoms with Crippen molar-refractivity contribution in [3.05, 3.63) is 0 Å². The Morgan fingerprint density at radius 3 is 1.88 bits per heavy atom. The van der Waals surface area contributed by atoms with E-state index in [-0.39, 0.29) is 0 Å². The van der Waals surface area contributed by atoms with Crippen LogP contribution in [0, 0.1) is 0 Å². The van der Waals surface area contributed by atoms with Crippen molar-refractivity contribution in [2.75, 3.05) is 11.5 Å². The van der Waals surface area contributed by atoms with Crippen molar-refractivity contribution in [1.82, 2.24) is 0 Å². The van der Waals surface area contributed by atoms with Crippen LogP contribution in [0.4, 0.5) is 0 Å². The van der Waals surface area contributed by atoms with Crippen LogP contribution in [0.2, 0.25) is 0 Å². The van der Waals surface area contributed by atoms with Crippen molar-refractivity contribution in [2.45, 2.75) is 6.42 Å². The molecule has 0 unspecified atom stereocenters. The Bertz CT molecular complexity index is 60.0. The summed E-state index contributed by atoms with van der Waals surface area (Å²) < 4.78 is 0. The average molecular weight is 214 g/mol. The van der Waals surface area contributed by atoms with E-state index < -0.39 is 7.67 Å². The van der Waals surface area contributed by atoms with Crippen molar-refractivity contribution < 1.29 is 0 Å². The molecular formula is C3H7Cl3S2. The molecule has 0 aliphatic heterocycles. The van der Waals surface area contributed by atoms with E-state index in [4.69, 9.17) is 32.0 Å². The van der Waals surface area contributed by atoms with Gasteiger partial charge in [0.25, 0.3) is 0 Å². The molecule has 8 heavy (non-hydrogen) atoms. The lowest BCUT2D eigenvalue weighted by atomic mass is 10.6. The number of hydrogen-bond acceptors (Lipinski definition) is 1. The lowest BCUT2D eigenvalue weighted by Crippen LogP contribution is -1.83. The summed E-state index contributed by atoms with van der Waals surface area (Å²) in [6, 6.07) is 0. The van der Waals surface area contributed by atoms with E-state index in [2.05, 4.69) is 12.6 Å². The van der Waals surface area contributed by atoms with Crippen molar-refractivity contribution in [1.29, 1.82) is 0 Å². The van der Waals surface area contributed by atoms with Crippen LogP contribution in [0.15, 0.2) is 0 Å². The summed E-state index contributed by atoms with van der Waals surface area (Å²) in [4.78, 5) is 0. The van der Waals surface area contributed by atoms with Gasteiger partial charge in [0.2, 0.25) is 0 Å². The minimum atomic E-state index is -1.82. The second-order valence-electron chi connectivity index (χ2n) is 1.28. The topological polar surface area (TPSA) is 0 Å². The Morgan fingerprint density at radius 2 is 1.75 bits per heavy atom. The fourth-order valence-corrected chi connectivity index (χ4v) is 2.05. The third kappa shape index (κ3) is 7.57. The molecule has 0 saturated heterocycles. The first-order valence-corrected chi connectivity index (χ1v) is 6.98. The quantitative estimate of drug-likeness (QED) is 0.681. The van der Waals surface area contributed by atoms with Crippen LogP contribution in [-0.4, -0.2) is 11.5 Å². The highest BCUT2D eigenvalue weighted by atomic mass is 36.2. The molecule has 0 radical (unpaired) electrons. The zero-order chi connectivity index (χ0) is 6.62. The number of halogens is 3. The van der Waals surface area contributed by atoms with E-state index in [1.807, 2.05) is 0 Å². The molecule has 0 heterocycles. The molecular weight excluding hydrogens is 207 g/mol. The average Bonchev–Trinajstić information content (AvgIpc) is 1.59. The minimum absolute atomic E-state index is 0.668. The van der Waals surface area contributed by atoms with Gasteiger partial charge in [0, 0.05) is 5.75 Å². The van der Waals surface area contributed by atoms with Gasteiger partial charge in [0.15, 0.2) is 0 Å². The van der Waals surface area contributed by atoms with Crippen molar-refractivity contribution >= 4 is 52.3 Å². The fraction of sp³-hybridized carbons (Fsp3) is 1.00. The Hall–Kier alpha value is 1.57. The second kappa shape index (κ2) is 4.40. The second-order valence-corrected chi connectivity index (χ2v) is 9.31. The first kappa shape index (κ1) is 9.57. The van der Waals surface area contributed by atoms with E-state index in [9.17, 15) is 0 Å². The van der Waals surface area contributed by atoms with Gasteiger partial charge in [-0.15, -0.1) is 0 Å². The highest BCUT2D eigenvalue weighted by molar-refractivity contribution is 8.79. The van der Waals surface area contributed by atoms with Crippen LogP contribution in [-0.2, 0) is 0 Å². The molecule has 0 rings (SSSR count). The standard InChI is InChI=1S/C3H7Cl3S2/c4-8(5,6)3-1-2-7/h7H,1-3H2. The molecule has 52 valence electrons. The summed E-state index contributed by atoms with van der Waals surface area (Å²) in [7, 11) is 14.7. The van der Waals surface area contributed by atoms with Crippen LogP contribution in [0.5, 0.6) is 0 Å². The SMILES string of the molecule is SCCCS(Cl)(Cl)Cl. The molecule has 0 spiro atoms. The van der Waals surface area contributed by atoms with Gasteiger partial charge >= 0.3 is 0 Å². The largest absolute Gasteiger partial charge is 0.179 e. The maximum Gasteiger partial charge on any atom is 0.0172 e. The third-order valence-electron chi connectivity index (χ3n) is 0.534. The predicted molar refractivity (Wildman–Crippen MR) is 48.5 cm³/mol. The first-order chi connectivity index (χ1) is 3.56. The van der Waals surface area contributed by atoms with Crippen molar-refractivity contribution in [2.24, 2.45) is 0 Å². The van der Waals surface area contributed by atoms with Crippen LogP contribution < -0.4 is 0 Å². The van der Waals surface area contributed by atoms with Crippen LogP contribution in [0.3, 0.4) is 0 Å². The van der Waals surface area contributed by atoms with Gasteiger partial charge in [-0.3, -0.25) is 0 Å². The molecule has 0 N–H and O–H groups in total. The molecule has 0 aromatic carbocycles. The summed E-state index contributed by atoms with van der Waals surface area (Å²) in [6.45, 7) is 0. The van der Waals surface area contributed by atoms with E-state index >= 15 is 0 Å². The van der Waals surface area contributed by atoms with Crippen LogP contribution in [0.25, 0.3) is 0 Å². The van der Waals surface area contributed by atoms with Gasteiger partial charge in [-0.2, -0.15) is 12.6 Å². The Labute approximate surface area is 70.1 Å². The molecule has 0 bridgehead atoms. The lowest BCUT2D eigenvalue weighted by Gasteiger charge is -2.12. The van der Waals surface area contributed by atoms with E-state index in [0.29, 0.717) is 5.75 Å². The molecule has 0 atom stereocenters. The molecule has 0 aromatic rings. The Kier molecular flexibility index (Phi) is 5.26. The minimum Gasteiger partial charge on any atom is -0.179 e. The molecule has 0 amide bonds. The smallest absolute Gasteiger partial charge is 0.0172 e. The van der Waals surface area contributed by atoms with Gasteiger partial charge in [0.05, 0.1) is 0 Å². The zero-order valence-electron chi connectivity index (χ0n) is 4.11. The highest BCUT2D eigenvalue weighted by Gasteiger charge is 2.10. The summed E-state index contributed by atoms with van der Waals surface area (Å²) in [5, 5.41) is 0. The van der Waals surface area contributed by atoms with E-state index in [1.54, 1.807) is 0 Å². The van der Waals surface area contributed by atoms with Crippen LogP contribution in [0.1, 0.15) is 6.42 Å². The normalized spacial score (nSPS) is 14.0. The molecule has 0 saturated carbocycles. The van der Waals surface area contributed by atoms with Gasteiger partial charge in [-0.05, 0) is 51.9 Å². The van der Waals surface area contributed by atoms with E-state index in [0.717, 1.165) is 12.2 Å². The predicted octanol–water partition coefficient (Wildman–Crippen LogP) is 3.57. The maximum absolute atomic E-state index is 5.49. The van der Waals surface area contributed by atoms with Gasteiger partial charge in [-0.25, -0.2) is 0 Å². The monoisotopic (exact) mass is 212 g/mol. The van der Waals surface area contributed by atoms with Crippen LogP contribution >= 0.6 is 52.3 Å². The molecule has 0 aliphatic rings. The molecule has 0 aromatic heterocycles. The Morgan fingerprint density at radius 1 is 1.25 bits per heavy atom. The number of thiol groups is 1. The highest BCUT2D eigenvalue weighted by Crippen LogP contribution is 2.63. The molecule has 0 fully saturated rings. The molecule has 0 aliphatic carbocycles. The van der Waals surface area contributed by atoms with Gasteiger partial charge in [-0.1, -0.05) is 0 Å². The number of rotatable bonds is 3. The van der Waals surface area contributed by atoms with Crippen molar-refractivity contribution in [3.63, 3.8) is 0 Å². The fourth-order valence-electron chi connectivity index (χ4n) is 0.228. The van der Waals surface area contributed by atoms with Gasteiger partial charge in [0.1, 0.15) is 0 Å². The van der Waals surface area contributed by atoms with Gasteiger partial charge < -0.3 is 0 Å².